The van der Waals surface area contributed by atoms with Gasteiger partial charge in [-0.3, -0.25) is 53.0 Å². The van der Waals surface area contributed by atoms with Gasteiger partial charge in [0.1, 0.15) is 11.7 Å². The number of aliphatic imine (C=N–C) groups is 1. The summed E-state index contributed by atoms with van der Waals surface area (Å²) in [5.41, 5.74) is 7.18. The SMILES string of the molecule is CC.CCC.CNc1ccc(-c2cc(C(=O)Nc3ccc(NC(=O)C(C)NC(=O)CNC(=O)CCCCCN4C(=O)CC(C)C4=O)cc3)n(C)c2)cc1.COc1cc(C)c(N=CC2CCCCN2C=O)cc1OCCCC(=O)Nc1cc(C=O)n(C)c1. The zero-order valence-electron chi connectivity index (χ0n) is 52.4. The molecule has 3 aromatic carbocycles. The molecule has 2 aromatic heterocycles. The number of benzene rings is 3. The number of carbonyl (C=O) groups is 9. The Morgan fingerprint density at radius 1 is 0.759 bits per heavy atom. The van der Waals surface area contributed by atoms with Crippen molar-refractivity contribution in [2.75, 3.05) is 61.7 Å². The van der Waals surface area contributed by atoms with Crippen LogP contribution in [-0.2, 0) is 47.7 Å². The quantitative estimate of drug-likeness (QED) is 0.0131. The van der Waals surface area contributed by atoms with Crippen LogP contribution < -0.4 is 41.4 Å². The zero-order chi connectivity index (χ0) is 64.0. The van der Waals surface area contributed by atoms with Crippen LogP contribution >= 0.6 is 0 Å². The Labute approximate surface area is 511 Å². The van der Waals surface area contributed by atoms with Crippen LogP contribution in [0.4, 0.5) is 28.4 Å². The Morgan fingerprint density at radius 3 is 2.05 bits per heavy atom. The number of hydrogen-bond donors (Lipinski definition) is 6. The second-order valence-electron chi connectivity index (χ2n) is 21.0. The molecular formula is C65H89N11O11. The Hall–Kier alpha value is -9.08. The van der Waals surface area contributed by atoms with Gasteiger partial charge in [0.2, 0.25) is 41.9 Å². The molecular weight excluding hydrogens is 1110 g/mol. The third-order valence-electron chi connectivity index (χ3n) is 14.0. The first-order valence-electron chi connectivity index (χ1n) is 29.9. The third kappa shape index (κ3) is 22.4. The predicted molar refractivity (Wildman–Crippen MR) is 341 cm³/mol. The molecule has 87 heavy (non-hydrogen) atoms. The normalized spacial score (nSPS) is 14.6. The van der Waals surface area contributed by atoms with E-state index in [0.29, 0.717) is 78.8 Å². The number of hydrogen-bond acceptors (Lipinski definition) is 13. The van der Waals surface area contributed by atoms with E-state index in [4.69, 9.17) is 9.47 Å². The van der Waals surface area contributed by atoms with Crippen LogP contribution in [0.2, 0.25) is 0 Å². The topological polar surface area (TPSA) is 273 Å². The highest BCUT2D eigenvalue weighted by Gasteiger charge is 2.35. The monoisotopic (exact) mass is 1200 g/mol. The maximum Gasteiger partial charge on any atom is 0.272 e. The Morgan fingerprint density at radius 2 is 1.43 bits per heavy atom. The van der Waals surface area contributed by atoms with Gasteiger partial charge in [-0.1, -0.05) is 59.6 Å². The minimum absolute atomic E-state index is 0.00265. The van der Waals surface area contributed by atoms with E-state index in [2.05, 4.69) is 50.7 Å². The summed E-state index contributed by atoms with van der Waals surface area (Å²) in [6.45, 7) is 14.6. The predicted octanol–water partition coefficient (Wildman–Crippen LogP) is 9.61. The van der Waals surface area contributed by atoms with Gasteiger partial charge in [-0.15, -0.1) is 0 Å². The van der Waals surface area contributed by atoms with E-state index in [1.807, 2.05) is 89.7 Å². The maximum absolute atomic E-state index is 13.0. The first-order valence-corrected chi connectivity index (χ1v) is 29.9. The molecule has 3 atom stereocenters. The molecule has 4 heterocycles. The number of anilines is 4. The van der Waals surface area contributed by atoms with Crippen molar-refractivity contribution in [2.45, 2.75) is 131 Å². The summed E-state index contributed by atoms with van der Waals surface area (Å²) in [5.74, 6) is -1.10. The van der Waals surface area contributed by atoms with Crippen molar-refractivity contribution in [1.82, 2.24) is 29.6 Å². The number of likely N-dealkylation sites (tertiary alicyclic amines) is 2. The molecule has 2 aliphatic rings. The maximum atomic E-state index is 13.0. The summed E-state index contributed by atoms with van der Waals surface area (Å²) in [6.07, 6.45) is 14.4. The Balaban J connectivity index is 0.000000364. The Bertz CT molecular complexity index is 3120. The average molecular weight is 1200 g/mol. The van der Waals surface area contributed by atoms with Gasteiger partial charge >= 0.3 is 0 Å². The number of piperidine rings is 1. The highest BCUT2D eigenvalue weighted by molar-refractivity contribution is 6.05. The molecule has 470 valence electrons. The number of ether oxygens (including phenoxy) is 2. The fraction of sp³-hybridized carbons (Fsp3) is 0.446. The van der Waals surface area contributed by atoms with Crippen molar-refractivity contribution >= 4 is 88.7 Å². The largest absolute Gasteiger partial charge is 0.493 e. The van der Waals surface area contributed by atoms with E-state index < -0.39 is 17.9 Å². The molecule has 2 fully saturated rings. The summed E-state index contributed by atoms with van der Waals surface area (Å²) in [7, 11) is 6.99. The van der Waals surface area contributed by atoms with E-state index in [1.165, 1.54) is 18.2 Å². The van der Waals surface area contributed by atoms with Crippen LogP contribution in [0.3, 0.4) is 0 Å². The van der Waals surface area contributed by atoms with Crippen molar-refractivity contribution in [2.24, 2.45) is 25.0 Å². The zero-order valence-corrected chi connectivity index (χ0v) is 52.4. The summed E-state index contributed by atoms with van der Waals surface area (Å²) >= 11 is 0. The highest BCUT2D eigenvalue weighted by atomic mass is 16.5. The molecule has 6 N–H and O–H groups in total. The van der Waals surface area contributed by atoms with Crippen LogP contribution in [0, 0.1) is 12.8 Å². The standard InChI is InChI=1S/C35H43N7O6.C25H32N4O5.C3H8.C2H6/c1-22-18-32(45)42(35(22)48)17-7-5-6-8-30(43)37-20-31(44)38-23(2)33(46)39-27-13-15-28(16-14-27)40-34(47)29-19-25(21-41(29)4)24-9-11-26(36-3)12-10-24;1-18-11-23(33-3)24(13-22(18)26-14-20-7-4-5-9-29(20)17-31)34-10-6-8-25(32)27-19-12-21(16-30)28(2)15-19;1-3-2;1-2/h9-16,19,21-23,36H,5-8,17-18,20H2,1-4H3,(H,37,43)(H,38,44)(H,39,46)(H,40,47);11-17,20H,4-10H2,1-3H3,(H,27,32);3H2,1-2H3;1-2H3. The first kappa shape index (κ1) is 70.4. The van der Waals surface area contributed by atoms with E-state index in [-0.39, 0.29) is 67.3 Å². The van der Waals surface area contributed by atoms with Crippen LogP contribution in [0.5, 0.6) is 11.5 Å². The van der Waals surface area contributed by atoms with Crippen LogP contribution in [0.1, 0.15) is 139 Å². The number of amides is 8. The number of imide groups is 1. The highest BCUT2D eigenvalue weighted by Crippen LogP contribution is 2.35. The number of rotatable bonds is 26. The van der Waals surface area contributed by atoms with E-state index in [9.17, 15) is 43.2 Å². The minimum atomic E-state index is -0.867. The molecule has 2 saturated heterocycles. The van der Waals surface area contributed by atoms with Crippen LogP contribution in [0.25, 0.3) is 11.1 Å². The van der Waals surface area contributed by atoms with Gasteiger partial charge in [-0.2, -0.15) is 0 Å². The number of aryl methyl sites for hydroxylation is 3. The number of aromatic nitrogens is 2. The second kappa shape index (κ2) is 36.7. The van der Waals surface area contributed by atoms with E-state index in [0.717, 1.165) is 66.6 Å². The lowest BCUT2D eigenvalue weighted by Crippen LogP contribution is -2.45. The van der Waals surface area contributed by atoms with E-state index in [1.54, 1.807) is 71.6 Å². The second-order valence-corrected chi connectivity index (χ2v) is 21.0. The molecule has 0 aliphatic carbocycles. The fourth-order valence-corrected chi connectivity index (χ4v) is 9.21. The van der Waals surface area contributed by atoms with Gasteiger partial charge in [0.15, 0.2) is 17.8 Å². The summed E-state index contributed by atoms with van der Waals surface area (Å²) in [5, 5.41) is 16.6. The fourth-order valence-electron chi connectivity index (χ4n) is 9.21. The van der Waals surface area contributed by atoms with Crippen molar-refractivity contribution in [3.8, 4) is 22.6 Å². The Kier molecular flexibility index (Phi) is 29.7. The number of carbonyl (C=O) groups excluding carboxylic acids is 9. The van der Waals surface area contributed by atoms with Crippen molar-refractivity contribution in [3.05, 3.63) is 102 Å². The minimum Gasteiger partial charge on any atom is -0.493 e. The third-order valence-corrected chi connectivity index (χ3v) is 14.0. The molecule has 0 spiro atoms. The van der Waals surface area contributed by atoms with Gasteiger partial charge in [-0.05, 0) is 118 Å². The number of nitrogens with zero attached hydrogens (tertiary/aromatic N) is 5. The number of aldehydes is 1. The smallest absolute Gasteiger partial charge is 0.272 e. The van der Waals surface area contributed by atoms with Crippen molar-refractivity contribution < 1.29 is 52.6 Å². The lowest BCUT2D eigenvalue weighted by molar-refractivity contribution is -0.139. The van der Waals surface area contributed by atoms with Gasteiger partial charge in [-0.25, -0.2) is 0 Å². The first-order chi connectivity index (χ1) is 41.8. The van der Waals surface area contributed by atoms with Gasteiger partial charge in [0.05, 0.1) is 43.4 Å². The molecule has 3 unspecified atom stereocenters. The summed E-state index contributed by atoms with van der Waals surface area (Å²) in [4.78, 5) is 116. The van der Waals surface area contributed by atoms with Crippen molar-refractivity contribution in [3.63, 3.8) is 0 Å². The van der Waals surface area contributed by atoms with Crippen molar-refractivity contribution in [1.29, 1.82) is 0 Å². The molecule has 0 bridgehead atoms. The molecule has 2 aliphatic heterocycles. The summed E-state index contributed by atoms with van der Waals surface area (Å²) in [6, 6.07) is 20.8. The van der Waals surface area contributed by atoms with Gasteiger partial charge in [0.25, 0.3) is 5.91 Å². The summed E-state index contributed by atoms with van der Waals surface area (Å²) < 4.78 is 14.8. The van der Waals surface area contributed by atoms with Gasteiger partial charge < -0.3 is 55.4 Å². The molecule has 22 heteroatoms. The molecule has 0 saturated carbocycles. The molecule has 8 amide bonds. The number of nitrogens with one attached hydrogen (secondary N) is 6. The number of methoxy groups -OCH3 is 1. The average Bonchev–Trinajstić information content (AvgIpc) is 2.71. The number of unbranched alkanes of at least 4 members (excludes halogenated alkanes) is 2. The molecule has 5 aromatic rings. The van der Waals surface area contributed by atoms with Crippen LogP contribution in [0.15, 0.2) is 90.2 Å². The van der Waals surface area contributed by atoms with Crippen LogP contribution in [-0.4, -0.2) is 132 Å². The lowest BCUT2D eigenvalue weighted by atomic mass is 10.0. The van der Waals surface area contributed by atoms with E-state index >= 15 is 0 Å². The van der Waals surface area contributed by atoms with Gasteiger partial charge in [0, 0.05) is 107 Å². The molecule has 22 nitrogen and oxygen atoms in total. The molecule has 0 radical (unpaired) electrons. The lowest BCUT2D eigenvalue weighted by Gasteiger charge is -2.29. The molecule has 7 rings (SSSR count).